The molecule has 0 aromatic heterocycles. The van der Waals surface area contributed by atoms with E-state index < -0.39 is 40.9 Å². The number of amides is 4. The van der Waals surface area contributed by atoms with Crippen molar-refractivity contribution in [3.63, 3.8) is 0 Å². The fraction of sp³-hybridized carbons (Fsp3) is 0.333. The van der Waals surface area contributed by atoms with E-state index in [0.29, 0.717) is 51.8 Å². The molecule has 11 heteroatoms. The van der Waals surface area contributed by atoms with Gasteiger partial charge in [0.2, 0.25) is 23.6 Å². The van der Waals surface area contributed by atoms with Crippen LogP contribution in [0.15, 0.2) is 60.7 Å². The lowest BCUT2D eigenvalue weighted by Gasteiger charge is -2.52. The quantitative estimate of drug-likeness (QED) is 0.405. The van der Waals surface area contributed by atoms with Gasteiger partial charge >= 0.3 is 0 Å². The van der Waals surface area contributed by atoms with Crippen LogP contribution in [0.2, 0.25) is 10.0 Å². The number of nitrogens with two attached hydrogens (primary N) is 1. The highest BCUT2D eigenvalue weighted by atomic mass is 35.5. The van der Waals surface area contributed by atoms with E-state index in [0.717, 1.165) is 5.56 Å². The van der Waals surface area contributed by atoms with Gasteiger partial charge in [-0.1, -0.05) is 47.5 Å². The number of piperidine rings is 2. The SMILES string of the molecule is Cc1ccc(F)cc1[C@H]1CC(=O)N(CC(=O)N2CCCC(C(N)=O)C2)[C@@H](c2cccc(Cl)c2)[C@]12C(=O)Nc1cc(Cl)ccc12. The molecule has 0 saturated carbocycles. The van der Waals surface area contributed by atoms with Gasteiger partial charge in [0.05, 0.1) is 12.0 Å². The molecule has 4 amide bonds. The van der Waals surface area contributed by atoms with Gasteiger partial charge < -0.3 is 20.9 Å². The Hall–Kier alpha value is -3.95. The van der Waals surface area contributed by atoms with Crippen LogP contribution in [0.4, 0.5) is 10.1 Å². The van der Waals surface area contributed by atoms with Crippen molar-refractivity contribution < 1.29 is 23.6 Å². The van der Waals surface area contributed by atoms with Gasteiger partial charge in [-0.2, -0.15) is 0 Å². The first-order chi connectivity index (χ1) is 21.0. The first-order valence-corrected chi connectivity index (χ1v) is 15.3. The number of rotatable bonds is 5. The zero-order valence-electron chi connectivity index (χ0n) is 24.0. The predicted molar refractivity (Wildman–Crippen MR) is 165 cm³/mol. The highest BCUT2D eigenvalue weighted by Crippen LogP contribution is 2.60. The van der Waals surface area contributed by atoms with Crippen LogP contribution in [0.3, 0.4) is 0 Å². The number of nitrogens with one attached hydrogen (secondary N) is 1. The van der Waals surface area contributed by atoms with Gasteiger partial charge in [0.25, 0.3) is 0 Å². The molecule has 8 nitrogen and oxygen atoms in total. The normalized spacial score (nSPS) is 24.8. The maximum Gasteiger partial charge on any atom is 0.242 e. The van der Waals surface area contributed by atoms with E-state index in [1.54, 1.807) is 53.4 Å². The number of carbonyl (C=O) groups excluding carboxylic acids is 4. The number of benzene rings is 3. The third-order valence-electron chi connectivity index (χ3n) is 9.31. The first kappa shape index (κ1) is 30.1. The Morgan fingerprint density at radius 2 is 1.84 bits per heavy atom. The van der Waals surface area contributed by atoms with Gasteiger partial charge in [0.15, 0.2) is 0 Å². The number of aryl methyl sites for hydroxylation is 1. The average Bonchev–Trinajstić information content (AvgIpc) is 3.26. The Bertz CT molecular complexity index is 1700. The van der Waals surface area contributed by atoms with Crippen molar-refractivity contribution in [2.24, 2.45) is 11.7 Å². The second-order valence-corrected chi connectivity index (χ2v) is 12.7. The van der Waals surface area contributed by atoms with Gasteiger partial charge in [0.1, 0.15) is 17.8 Å². The Balaban J connectivity index is 1.55. The molecule has 228 valence electrons. The number of halogens is 3. The Morgan fingerprint density at radius 3 is 2.59 bits per heavy atom. The molecule has 44 heavy (non-hydrogen) atoms. The van der Waals surface area contributed by atoms with Crippen molar-refractivity contribution in [2.75, 3.05) is 25.0 Å². The fourth-order valence-electron chi connectivity index (χ4n) is 7.30. The number of anilines is 1. The molecule has 3 aliphatic heterocycles. The molecular weight excluding hydrogens is 606 g/mol. The summed E-state index contributed by atoms with van der Waals surface area (Å²) in [6.07, 6.45) is 1.03. The lowest BCUT2D eigenvalue weighted by molar-refractivity contribution is -0.152. The second kappa shape index (κ2) is 11.5. The molecule has 2 saturated heterocycles. The van der Waals surface area contributed by atoms with E-state index in [4.69, 9.17) is 28.9 Å². The molecule has 3 aromatic carbocycles. The van der Waals surface area contributed by atoms with Crippen molar-refractivity contribution >= 4 is 52.5 Å². The third kappa shape index (κ3) is 5.02. The summed E-state index contributed by atoms with van der Waals surface area (Å²) in [5.41, 5.74) is 6.94. The van der Waals surface area contributed by atoms with Crippen LogP contribution < -0.4 is 11.1 Å². The summed E-state index contributed by atoms with van der Waals surface area (Å²) in [5, 5.41) is 3.78. The van der Waals surface area contributed by atoms with Crippen molar-refractivity contribution in [2.45, 2.75) is 43.6 Å². The van der Waals surface area contributed by atoms with Crippen molar-refractivity contribution in [1.29, 1.82) is 0 Å². The zero-order chi connectivity index (χ0) is 31.3. The minimum Gasteiger partial charge on any atom is -0.369 e. The number of hydrogen-bond acceptors (Lipinski definition) is 4. The molecule has 1 spiro atoms. The molecule has 3 N–H and O–H groups in total. The minimum atomic E-state index is -1.48. The van der Waals surface area contributed by atoms with Crippen LogP contribution in [0.5, 0.6) is 0 Å². The van der Waals surface area contributed by atoms with E-state index in [2.05, 4.69) is 5.32 Å². The Kier molecular flexibility index (Phi) is 7.88. The van der Waals surface area contributed by atoms with Gasteiger partial charge in [-0.05, 0) is 78.4 Å². The monoisotopic (exact) mass is 636 g/mol. The number of fused-ring (bicyclic) bond motifs is 2. The Labute approximate surface area is 264 Å². The van der Waals surface area contributed by atoms with Crippen molar-refractivity contribution in [1.82, 2.24) is 9.80 Å². The largest absolute Gasteiger partial charge is 0.369 e. The van der Waals surface area contributed by atoms with Crippen LogP contribution in [-0.2, 0) is 24.6 Å². The van der Waals surface area contributed by atoms with Gasteiger partial charge in [0, 0.05) is 41.2 Å². The highest BCUT2D eigenvalue weighted by Gasteiger charge is 2.63. The number of hydrogen-bond donors (Lipinski definition) is 2. The molecule has 0 aliphatic carbocycles. The maximum atomic E-state index is 14.8. The summed E-state index contributed by atoms with van der Waals surface area (Å²) < 4.78 is 14.8. The fourth-order valence-corrected chi connectivity index (χ4v) is 7.67. The molecule has 3 aliphatic rings. The molecule has 6 rings (SSSR count). The molecule has 3 heterocycles. The van der Waals surface area contributed by atoms with E-state index in [-0.39, 0.29) is 31.3 Å². The summed E-state index contributed by atoms with van der Waals surface area (Å²) in [6, 6.07) is 15.3. The number of carbonyl (C=O) groups is 4. The summed E-state index contributed by atoms with van der Waals surface area (Å²) in [6.45, 7) is 2.06. The summed E-state index contributed by atoms with van der Waals surface area (Å²) in [7, 11) is 0. The standard InChI is InChI=1S/C33H31Cl2FN4O4/c1-18-7-9-23(36)14-24(18)26-15-28(41)40(17-29(42)39-11-3-5-20(16-39)31(37)43)30(19-4-2-6-21(34)12-19)33(26)25-10-8-22(35)13-27(25)38-32(33)44/h2,4,6-10,12-14,20,26,30H,3,5,11,15-17H2,1H3,(H2,37,43)(H,38,44)/t20?,26-,30+,33-/m1/s1. The smallest absolute Gasteiger partial charge is 0.242 e. The van der Waals surface area contributed by atoms with Gasteiger partial charge in [-0.3, -0.25) is 19.2 Å². The van der Waals surface area contributed by atoms with Crippen LogP contribution in [-0.4, -0.2) is 53.1 Å². The van der Waals surface area contributed by atoms with Crippen LogP contribution >= 0.6 is 23.2 Å². The molecule has 1 unspecified atom stereocenters. The highest BCUT2D eigenvalue weighted by molar-refractivity contribution is 6.31. The predicted octanol–water partition coefficient (Wildman–Crippen LogP) is 5.11. The second-order valence-electron chi connectivity index (χ2n) is 11.8. The van der Waals surface area contributed by atoms with Crippen molar-refractivity contribution in [3.8, 4) is 0 Å². The van der Waals surface area contributed by atoms with Gasteiger partial charge in [-0.15, -0.1) is 0 Å². The van der Waals surface area contributed by atoms with E-state index >= 15 is 0 Å². The summed E-state index contributed by atoms with van der Waals surface area (Å²) in [4.78, 5) is 57.6. The summed E-state index contributed by atoms with van der Waals surface area (Å²) >= 11 is 12.8. The molecule has 0 radical (unpaired) electrons. The summed E-state index contributed by atoms with van der Waals surface area (Å²) in [5.74, 6) is -3.37. The zero-order valence-corrected chi connectivity index (χ0v) is 25.5. The average molecular weight is 638 g/mol. The molecular formula is C33H31Cl2FN4O4. The van der Waals surface area contributed by atoms with Gasteiger partial charge in [-0.25, -0.2) is 4.39 Å². The van der Waals surface area contributed by atoms with Crippen LogP contribution in [0, 0.1) is 18.7 Å². The molecule has 4 atom stereocenters. The minimum absolute atomic E-state index is 0.159. The van der Waals surface area contributed by atoms with E-state index in [1.807, 2.05) is 6.92 Å². The van der Waals surface area contributed by atoms with E-state index in [9.17, 15) is 23.6 Å². The van der Waals surface area contributed by atoms with Crippen molar-refractivity contribution in [3.05, 3.63) is 98.8 Å². The Morgan fingerprint density at radius 1 is 1.07 bits per heavy atom. The lowest BCUT2D eigenvalue weighted by atomic mass is 9.58. The first-order valence-electron chi connectivity index (χ1n) is 14.5. The third-order valence-corrected chi connectivity index (χ3v) is 9.78. The maximum absolute atomic E-state index is 14.8. The number of likely N-dealkylation sites (tertiary alicyclic amines) is 2. The van der Waals surface area contributed by atoms with Crippen LogP contribution in [0.1, 0.15) is 53.5 Å². The number of primary amides is 1. The molecule has 0 bridgehead atoms. The topological polar surface area (TPSA) is 113 Å². The van der Waals surface area contributed by atoms with Crippen LogP contribution in [0.25, 0.3) is 0 Å². The van der Waals surface area contributed by atoms with E-state index in [1.165, 1.54) is 17.0 Å². The number of nitrogens with zero attached hydrogens (tertiary/aromatic N) is 2. The lowest BCUT2D eigenvalue weighted by Crippen LogP contribution is -2.60. The molecule has 3 aromatic rings. The molecule has 2 fully saturated rings.